The highest BCUT2D eigenvalue weighted by atomic mass is 79.9. The largest absolute Gasteiger partial charge is 0.480 e. The van der Waals surface area contributed by atoms with Gasteiger partial charge in [0.05, 0.1) is 26.5 Å². The first-order valence-corrected chi connectivity index (χ1v) is 7.35. The normalized spacial score (nSPS) is 12.0. The molecule has 1 N–H and O–H groups in total. The van der Waals surface area contributed by atoms with Crippen molar-refractivity contribution in [1.29, 1.82) is 0 Å². The summed E-state index contributed by atoms with van der Waals surface area (Å²) in [5, 5.41) is 3.82. The van der Waals surface area contributed by atoms with Crippen LogP contribution in [0.25, 0.3) is 0 Å². The van der Waals surface area contributed by atoms with Crippen molar-refractivity contribution < 1.29 is 9.47 Å². The molecule has 1 atom stereocenters. The van der Waals surface area contributed by atoms with E-state index in [0.29, 0.717) is 22.5 Å². The molecule has 0 aliphatic heterocycles. The van der Waals surface area contributed by atoms with Gasteiger partial charge in [-0.05, 0) is 30.8 Å². The summed E-state index contributed by atoms with van der Waals surface area (Å²) < 4.78 is 11.3. The Morgan fingerprint density at radius 1 is 1.29 bits per heavy atom. The topological polar surface area (TPSA) is 56.3 Å². The van der Waals surface area contributed by atoms with Crippen LogP contribution in [0.4, 0.5) is 0 Å². The van der Waals surface area contributed by atoms with Gasteiger partial charge in [0.25, 0.3) is 0 Å². The summed E-state index contributed by atoms with van der Waals surface area (Å²) in [5.74, 6) is 0.788. The van der Waals surface area contributed by atoms with Gasteiger partial charge in [-0.2, -0.15) is 4.98 Å². The maximum absolute atomic E-state index is 6.30. The number of ether oxygens (including phenoxy) is 2. The van der Waals surface area contributed by atoms with Crippen LogP contribution in [0.2, 0.25) is 5.02 Å². The van der Waals surface area contributed by atoms with Crippen LogP contribution in [0.3, 0.4) is 0 Å². The monoisotopic (exact) mass is 371 g/mol. The zero-order chi connectivity index (χ0) is 15.4. The number of rotatable bonds is 5. The van der Waals surface area contributed by atoms with Gasteiger partial charge in [-0.15, -0.1) is 0 Å². The highest BCUT2D eigenvalue weighted by Crippen LogP contribution is 2.33. The van der Waals surface area contributed by atoms with Crippen LogP contribution in [-0.2, 0) is 0 Å². The maximum Gasteiger partial charge on any atom is 0.240 e. The number of hydrogen-bond donors (Lipinski definition) is 1. The molecular weight excluding hydrogens is 358 g/mol. The number of benzene rings is 1. The molecular formula is C14H15BrClN3O2. The molecule has 0 aliphatic carbocycles. The Morgan fingerprint density at radius 2 is 2.05 bits per heavy atom. The fraction of sp³-hybridized carbons (Fsp3) is 0.286. The molecule has 1 heterocycles. The summed E-state index contributed by atoms with van der Waals surface area (Å²) in [6, 6.07) is 5.40. The van der Waals surface area contributed by atoms with Crippen molar-refractivity contribution in [2.45, 2.75) is 6.04 Å². The van der Waals surface area contributed by atoms with Crippen molar-refractivity contribution in [3.63, 3.8) is 0 Å². The fourth-order valence-electron chi connectivity index (χ4n) is 1.99. The molecule has 0 saturated carbocycles. The van der Waals surface area contributed by atoms with E-state index in [4.69, 9.17) is 21.1 Å². The lowest BCUT2D eigenvalue weighted by Crippen LogP contribution is -2.20. The van der Waals surface area contributed by atoms with Gasteiger partial charge in [-0.25, -0.2) is 4.98 Å². The second-order valence-electron chi connectivity index (χ2n) is 4.19. The van der Waals surface area contributed by atoms with E-state index in [0.717, 1.165) is 10.0 Å². The Labute approximate surface area is 136 Å². The summed E-state index contributed by atoms with van der Waals surface area (Å²) >= 11 is 9.75. The second-order valence-corrected chi connectivity index (χ2v) is 5.52. The van der Waals surface area contributed by atoms with Gasteiger partial charge in [0.2, 0.25) is 11.8 Å². The molecule has 0 amide bonds. The molecule has 2 aromatic rings. The lowest BCUT2D eigenvalue weighted by Gasteiger charge is -2.19. The molecule has 0 spiro atoms. The first-order chi connectivity index (χ1) is 10.1. The van der Waals surface area contributed by atoms with E-state index in [-0.39, 0.29) is 6.04 Å². The molecule has 21 heavy (non-hydrogen) atoms. The lowest BCUT2D eigenvalue weighted by molar-refractivity contribution is 0.353. The summed E-state index contributed by atoms with van der Waals surface area (Å²) in [7, 11) is 4.90. The van der Waals surface area contributed by atoms with E-state index in [9.17, 15) is 0 Å². The molecule has 0 aliphatic rings. The molecule has 0 radical (unpaired) electrons. The van der Waals surface area contributed by atoms with Gasteiger partial charge >= 0.3 is 0 Å². The molecule has 1 aromatic carbocycles. The minimum absolute atomic E-state index is 0.247. The molecule has 1 unspecified atom stereocenters. The first kappa shape index (κ1) is 16.0. The van der Waals surface area contributed by atoms with Crippen molar-refractivity contribution in [3.05, 3.63) is 45.1 Å². The molecule has 0 saturated heterocycles. The Balaban J connectivity index is 2.53. The number of hydrogen-bond acceptors (Lipinski definition) is 5. The first-order valence-electron chi connectivity index (χ1n) is 6.17. The van der Waals surface area contributed by atoms with E-state index < -0.39 is 0 Å². The number of nitrogens with zero attached hydrogens (tertiary/aromatic N) is 2. The third kappa shape index (κ3) is 3.45. The van der Waals surface area contributed by atoms with Crippen LogP contribution < -0.4 is 14.8 Å². The predicted octanol–water partition coefficient (Wildman–Crippen LogP) is 3.22. The molecule has 5 nitrogen and oxygen atoms in total. The smallest absolute Gasteiger partial charge is 0.240 e. The van der Waals surface area contributed by atoms with Crippen LogP contribution in [-0.4, -0.2) is 31.2 Å². The Bertz CT molecular complexity index is 640. The standard InChI is InChI=1S/C14H15BrClN3O2/c1-17-12(9-6-8(15)4-5-10(9)16)13-14(21-3)19-11(20-2)7-18-13/h4-7,12,17H,1-3H3. The number of halogens is 2. The van der Waals surface area contributed by atoms with Gasteiger partial charge < -0.3 is 14.8 Å². The second kappa shape index (κ2) is 7.06. The van der Waals surface area contributed by atoms with Crippen LogP contribution in [0, 0.1) is 0 Å². The maximum atomic E-state index is 6.30. The van der Waals surface area contributed by atoms with Gasteiger partial charge in [-0.1, -0.05) is 27.5 Å². The fourth-order valence-corrected chi connectivity index (χ4v) is 2.59. The SMILES string of the molecule is CNC(c1cc(Br)ccc1Cl)c1ncc(OC)nc1OC. The molecule has 112 valence electrons. The van der Waals surface area contributed by atoms with Crippen molar-refractivity contribution in [3.8, 4) is 11.8 Å². The quantitative estimate of drug-likeness (QED) is 0.873. The van der Waals surface area contributed by atoms with Gasteiger partial charge in [0.1, 0.15) is 5.69 Å². The lowest BCUT2D eigenvalue weighted by atomic mass is 10.0. The summed E-state index contributed by atoms with van der Waals surface area (Å²) in [5.41, 5.74) is 1.52. The average molecular weight is 373 g/mol. The van der Waals surface area contributed by atoms with E-state index in [1.54, 1.807) is 13.3 Å². The van der Waals surface area contributed by atoms with Crippen LogP contribution in [0.15, 0.2) is 28.9 Å². The summed E-state index contributed by atoms with van der Waals surface area (Å²) in [6.45, 7) is 0. The van der Waals surface area contributed by atoms with Crippen LogP contribution >= 0.6 is 27.5 Å². The van der Waals surface area contributed by atoms with E-state index in [1.807, 2.05) is 25.2 Å². The average Bonchev–Trinajstić information content (AvgIpc) is 2.51. The molecule has 1 aromatic heterocycles. The van der Waals surface area contributed by atoms with Gasteiger partial charge in [-0.3, -0.25) is 0 Å². The zero-order valence-electron chi connectivity index (χ0n) is 11.9. The Morgan fingerprint density at radius 3 is 2.67 bits per heavy atom. The molecule has 0 fully saturated rings. The molecule has 2 rings (SSSR count). The zero-order valence-corrected chi connectivity index (χ0v) is 14.2. The minimum atomic E-state index is -0.247. The van der Waals surface area contributed by atoms with Crippen molar-refractivity contribution >= 4 is 27.5 Å². The Kier molecular flexibility index (Phi) is 5.39. The summed E-state index contributed by atoms with van der Waals surface area (Å²) in [6.07, 6.45) is 1.55. The van der Waals surface area contributed by atoms with Crippen LogP contribution in [0.1, 0.15) is 17.3 Å². The number of methoxy groups -OCH3 is 2. The number of aromatic nitrogens is 2. The Hall–Kier alpha value is -1.37. The van der Waals surface area contributed by atoms with Gasteiger partial charge in [0.15, 0.2) is 0 Å². The third-order valence-electron chi connectivity index (χ3n) is 2.98. The van der Waals surface area contributed by atoms with E-state index in [1.165, 1.54) is 7.11 Å². The van der Waals surface area contributed by atoms with Gasteiger partial charge in [0, 0.05) is 9.50 Å². The van der Waals surface area contributed by atoms with E-state index >= 15 is 0 Å². The van der Waals surface area contributed by atoms with Crippen LogP contribution in [0.5, 0.6) is 11.8 Å². The predicted molar refractivity (Wildman–Crippen MR) is 85.2 cm³/mol. The molecule has 7 heteroatoms. The van der Waals surface area contributed by atoms with E-state index in [2.05, 4.69) is 31.2 Å². The highest BCUT2D eigenvalue weighted by Gasteiger charge is 2.22. The van der Waals surface area contributed by atoms with Crippen molar-refractivity contribution in [2.75, 3.05) is 21.3 Å². The van der Waals surface area contributed by atoms with Crippen molar-refractivity contribution in [1.82, 2.24) is 15.3 Å². The third-order valence-corrected chi connectivity index (χ3v) is 3.82. The highest BCUT2D eigenvalue weighted by molar-refractivity contribution is 9.10. The van der Waals surface area contributed by atoms with Crippen molar-refractivity contribution in [2.24, 2.45) is 0 Å². The molecule has 0 bridgehead atoms. The minimum Gasteiger partial charge on any atom is -0.480 e. The number of nitrogens with one attached hydrogen (secondary N) is 1. The summed E-state index contributed by atoms with van der Waals surface area (Å²) in [4.78, 5) is 8.64.